The van der Waals surface area contributed by atoms with E-state index in [0.29, 0.717) is 12.4 Å². The molecule has 2 aromatic rings. The molecule has 106 valence electrons. The third-order valence-electron chi connectivity index (χ3n) is 2.94. The van der Waals surface area contributed by atoms with E-state index < -0.39 is 0 Å². The highest BCUT2D eigenvalue weighted by atomic mass is 16.5. The van der Waals surface area contributed by atoms with Crippen molar-refractivity contribution < 1.29 is 9.84 Å². The summed E-state index contributed by atoms with van der Waals surface area (Å²) in [5.74, 6) is 0.723. The molecule has 0 amide bonds. The van der Waals surface area contributed by atoms with Gasteiger partial charge in [0.05, 0.1) is 6.61 Å². The zero-order chi connectivity index (χ0) is 14.2. The Balaban J connectivity index is 1.80. The van der Waals surface area contributed by atoms with Gasteiger partial charge in [0.2, 0.25) is 0 Å². The van der Waals surface area contributed by atoms with E-state index in [-0.39, 0.29) is 5.75 Å². The normalized spacial score (nSPS) is 10.4. The van der Waals surface area contributed by atoms with Crippen LogP contribution in [-0.4, -0.2) is 23.2 Å². The molecule has 0 fully saturated rings. The van der Waals surface area contributed by atoms with E-state index in [9.17, 15) is 5.11 Å². The Hall–Kier alpha value is -2.07. The summed E-state index contributed by atoms with van der Waals surface area (Å²) in [5.41, 5.74) is 2.17. The quantitative estimate of drug-likeness (QED) is 0.760. The molecule has 2 rings (SSSR count). The van der Waals surface area contributed by atoms with E-state index in [1.165, 1.54) is 0 Å². The van der Waals surface area contributed by atoms with Gasteiger partial charge < -0.3 is 15.2 Å². The molecular weight excluding hydrogens is 252 g/mol. The minimum absolute atomic E-state index is 0.184. The summed E-state index contributed by atoms with van der Waals surface area (Å²) in [6, 6.07) is 11.4. The average molecular weight is 272 g/mol. The van der Waals surface area contributed by atoms with E-state index in [2.05, 4.69) is 10.3 Å². The van der Waals surface area contributed by atoms with E-state index in [1.54, 1.807) is 6.07 Å². The van der Waals surface area contributed by atoms with E-state index in [0.717, 1.165) is 30.8 Å². The maximum Gasteiger partial charge on any atom is 0.161 e. The van der Waals surface area contributed by atoms with Gasteiger partial charge in [0.15, 0.2) is 11.5 Å². The van der Waals surface area contributed by atoms with Crippen LogP contribution in [0.4, 0.5) is 0 Å². The standard InChI is InChI=1S/C16H20N2O2/c1-2-20-16-11-13(6-7-15(16)19)12-17-10-8-14-5-3-4-9-18-14/h3-7,9,11,17,19H,2,8,10,12H2,1H3. The Kier molecular flexibility index (Phi) is 5.38. The van der Waals surface area contributed by atoms with Gasteiger partial charge in [-0.1, -0.05) is 12.1 Å². The first kappa shape index (κ1) is 14.3. The van der Waals surface area contributed by atoms with Crippen molar-refractivity contribution in [1.82, 2.24) is 10.3 Å². The molecule has 0 bridgehead atoms. The first-order valence-corrected chi connectivity index (χ1v) is 6.85. The Labute approximate surface area is 119 Å². The monoisotopic (exact) mass is 272 g/mol. The molecule has 0 saturated heterocycles. The molecule has 0 aliphatic heterocycles. The zero-order valence-corrected chi connectivity index (χ0v) is 11.7. The summed E-state index contributed by atoms with van der Waals surface area (Å²) < 4.78 is 5.37. The highest BCUT2D eigenvalue weighted by Crippen LogP contribution is 2.26. The van der Waals surface area contributed by atoms with Gasteiger partial charge in [-0.3, -0.25) is 4.98 Å². The number of phenolic OH excluding ortho intramolecular Hbond substituents is 1. The number of aromatic hydroxyl groups is 1. The molecule has 0 aliphatic carbocycles. The van der Waals surface area contributed by atoms with Crippen LogP contribution in [0.3, 0.4) is 0 Å². The van der Waals surface area contributed by atoms with E-state index in [4.69, 9.17) is 4.74 Å². The van der Waals surface area contributed by atoms with Crippen molar-refractivity contribution in [3.05, 3.63) is 53.9 Å². The van der Waals surface area contributed by atoms with Crippen molar-refractivity contribution in [3.8, 4) is 11.5 Å². The van der Waals surface area contributed by atoms with Crippen molar-refractivity contribution in [2.45, 2.75) is 19.9 Å². The molecule has 0 saturated carbocycles. The van der Waals surface area contributed by atoms with Crippen LogP contribution < -0.4 is 10.1 Å². The number of pyridine rings is 1. The summed E-state index contributed by atoms with van der Waals surface area (Å²) >= 11 is 0. The van der Waals surface area contributed by atoms with Crippen molar-refractivity contribution in [2.24, 2.45) is 0 Å². The van der Waals surface area contributed by atoms with Crippen LogP contribution in [0.15, 0.2) is 42.6 Å². The number of ether oxygens (including phenoxy) is 1. The number of nitrogens with zero attached hydrogens (tertiary/aromatic N) is 1. The van der Waals surface area contributed by atoms with Crippen molar-refractivity contribution in [1.29, 1.82) is 0 Å². The largest absolute Gasteiger partial charge is 0.504 e. The molecule has 1 aromatic heterocycles. The summed E-state index contributed by atoms with van der Waals surface area (Å²) in [6.07, 6.45) is 2.71. The number of phenols is 1. The second kappa shape index (κ2) is 7.50. The molecule has 0 aliphatic rings. The average Bonchev–Trinajstić information content (AvgIpc) is 2.48. The molecule has 20 heavy (non-hydrogen) atoms. The molecule has 0 spiro atoms. The van der Waals surface area contributed by atoms with Crippen LogP contribution in [0.25, 0.3) is 0 Å². The van der Waals surface area contributed by atoms with Gasteiger partial charge in [0, 0.05) is 31.4 Å². The fourth-order valence-corrected chi connectivity index (χ4v) is 1.93. The van der Waals surface area contributed by atoms with Crippen molar-refractivity contribution in [3.63, 3.8) is 0 Å². The molecule has 1 heterocycles. The third kappa shape index (κ3) is 4.24. The van der Waals surface area contributed by atoms with Gasteiger partial charge in [-0.05, 0) is 36.8 Å². The predicted octanol–water partition coefficient (Wildman–Crippen LogP) is 2.52. The van der Waals surface area contributed by atoms with Gasteiger partial charge in [-0.15, -0.1) is 0 Å². The molecule has 1 aromatic carbocycles. The molecule has 2 N–H and O–H groups in total. The third-order valence-corrected chi connectivity index (χ3v) is 2.94. The summed E-state index contributed by atoms with van der Waals surface area (Å²) in [4.78, 5) is 4.28. The van der Waals surface area contributed by atoms with Crippen LogP contribution in [-0.2, 0) is 13.0 Å². The van der Waals surface area contributed by atoms with Gasteiger partial charge in [0.25, 0.3) is 0 Å². The molecule has 0 radical (unpaired) electrons. The number of nitrogens with one attached hydrogen (secondary N) is 1. The predicted molar refractivity (Wildman–Crippen MR) is 78.9 cm³/mol. The summed E-state index contributed by atoms with van der Waals surface area (Å²) in [6.45, 7) is 4.05. The highest BCUT2D eigenvalue weighted by Gasteiger charge is 2.03. The molecule has 4 nitrogen and oxygen atoms in total. The van der Waals surface area contributed by atoms with Gasteiger partial charge in [-0.2, -0.15) is 0 Å². The van der Waals surface area contributed by atoms with Gasteiger partial charge >= 0.3 is 0 Å². The van der Waals surface area contributed by atoms with Gasteiger partial charge in [-0.25, -0.2) is 0 Å². The summed E-state index contributed by atoms with van der Waals surface area (Å²) in [7, 11) is 0. The lowest BCUT2D eigenvalue weighted by Crippen LogP contribution is -2.17. The first-order valence-electron chi connectivity index (χ1n) is 6.85. The van der Waals surface area contributed by atoms with Crippen LogP contribution in [0.2, 0.25) is 0 Å². The van der Waals surface area contributed by atoms with Crippen LogP contribution in [0.1, 0.15) is 18.2 Å². The van der Waals surface area contributed by atoms with E-state index >= 15 is 0 Å². The maximum absolute atomic E-state index is 9.63. The molecular formula is C16H20N2O2. The topological polar surface area (TPSA) is 54.4 Å². The SMILES string of the molecule is CCOc1cc(CNCCc2ccccn2)ccc1O. The highest BCUT2D eigenvalue weighted by molar-refractivity contribution is 5.41. The number of rotatable bonds is 7. The van der Waals surface area contributed by atoms with E-state index in [1.807, 2.05) is 43.5 Å². The number of hydrogen-bond acceptors (Lipinski definition) is 4. The smallest absolute Gasteiger partial charge is 0.161 e. The Bertz CT molecular complexity index is 529. The fraction of sp³-hybridized carbons (Fsp3) is 0.312. The molecule has 4 heteroatoms. The van der Waals surface area contributed by atoms with Crippen molar-refractivity contribution in [2.75, 3.05) is 13.2 Å². The molecule has 0 atom stereocenters. The second-order valence-electron chi connectivity index (χ2n) is 4.48. The van der Waals surface area contributed by atoms with Crippen LogP contribution in [0.5, 0.6) is 11.5 Å². The minimum Gasteiger partial charge on any atom is -0.504 e. The lowest BCUT2D eigenvalue weighted by Gasteiger charge is -2.09. The Morgan fingerprint density at radius 3 is 2.90 bits per heavy atom. The fourth-order valence-electron chi connectivity index (χ4n) is 1.93. The van der Waals surface area contributed by atoms with Crippen molar-refractivity contribution >= 4 is 0 Å². The summed E-state index contributed by atoms with van der Waals surface area (Å²) in [5, 5.41) is 13.0. The number of hydrogen-bond donors (Lipinski definition) is 2. The van der Waals surface area contributed by atoms with Crippen LogP contribution >= 0.6 is 0 Å². The lowest BCUT2D eigenvalue weighted by molar-refractivity contribution is 0.317. The van der Waals surface area contributed by atoms with Gasteiger partial charge in [0.1, 0.15) is 0 Å². The number of benzene rings is 1. The second-order valence-corrected chi connectivity index (χ2v) is 4.48. The Morgan fingerprint density at radius 1 is 1.25 bits per heavy atom. The zero-order valence-electron chi connectivity index (χ0n) is 11.7. The van der Waals surface area contributed by atoms with Crippen LogP contribution in [0, 0.1) is 0 Å². The molecule has 0 unspecified atom stereocenters. The first-order chi connectivity index (χ1) is 9.79. The minimum atomic E-state index is 0.184. The number of aromatic nitrogens is 1. The Morgan fingerprint density at radius 2 is 2.15 bits per heavy atom. The maximum atomic E-state index is 9.63. The lowest BCUT2D eigenvalue weighted by atomic mass is 10.2.